The van der Waals surface area contributed by atoms with Crippen LogP contribution in [-0.2, 0) is 21.0 Å². The number of amides is 1. The second-order valence-electron chi connectivity index (χ2n) is 5.93. The second-order valence-corrected chi connectivity index (χ2v) is 7.64. The fourth-order valence-corrected chi connectivity index (χ4v) is 3.58. The number of carbonyl (C=O) groups is 1. The summed E-state index contributed by atoms with van der Waals surface area (Å²) in [7, 11) is -1.38. The standard InChI is InChI=1S/C18H19F3N2O5S/c1-11(17(24)22-13-6-4-5-12(9-13)18(19,20)21)23-29(25,26)14-7-8-15(27-2)16(10-14)28-3/h4-11,23H,1-3H3,(H,22,24). The zero-order chi connectivity index (χ0) is 21.8. The van der Waals surface area contributed by atoms with E-state index in [1.54, 1.807) is 0 Å². The molecule has 0 aliphatic heterocycles. The van der Waals surface area contributed by atoms with Gasteiger partial charge >= 0.3 is 6.18 Å². The Morgan fingerprint density at radius 3 is 2.28 bits per heavy atom. The molecule has 0 aliphatic carbocycles. The molecule has 1 atom stereocenters. The predicted molar refractivity (Wildman–Crippen MR) is 99.4 cm³/mol. The van der Waals surface area contributed by atoms with Crippen LogP contribution in [0.3, 0.4) is 0 Å². The number of methoxy groups -OCH3 is 2. The quantitative estimate of drug-likeness (QED) is 0.702. The topological polar surface area (TPSA) is 93.7 Å². The first-order valence-corrected chi connectivity index (χ1v) is 9.68. The van der Waals surface area contributed by atoms with Crippen molar-refractivity contribution < 1.29 is 35.9 Å². The Bertz CT molecular complexity index is 993. The highest BCUT2D eigenvalue weighted by molar-refractivity contribution is 7.89. The molecule has 0 spiro atoms. The molecule has 0 saturated heterocycles. The molecular formula is C18H19F3N2O5S. The maximum Gasteiger partial charge on any atom is 0.416 e. The summed E-state index contributed by atoms with van der Waals surface area (Å²) < 4.78 is 75.6. The molecule has 29 heavy (non-hydrogen) atoms. The zero-order valence-corrected chi connectivity index (χ0v) is 16.5. The molecule has 0 aliphatic rings. The number of hydrogen-bond acceptors (Lipinski definition) is 5. The molecule has 1 unspecified atom stereocenters. The van der Waals surface area contributed by atoms with Crippen molar-refractivity contribution in [1.82, 2.24) is 4.72 Å². The number of hydrogen-bond donors (Lipinski definition) is 2. The number of halogens is 3. The van der Waals surface area contributed by atoms with Gasteiger partial charge in [0.15, 0.2) is 11.5 Å². The van der Waals surface area contributed by atoms with Crippen LogP contribution in [-0.4, -0.2) is 34.6 Å². The van der Waals surface area contributed by atoms with Gasteiger partial charge in [0.25, 0.3) is 0 Å². The summed E-state index contributed by atoms with van der Waals surface area (Å²) in [5.74, 6) is -0.327. The predicted octanol–water partition coefficient (Wildman–Crippen LogP) is 3.03. The Labute approximate surface area is 165 Å². The van der Waals surface area contributed by atoms with Crippen LogP contribution < -0.4 is 19.5 Å². The van der Waals surface area contributed by atoms with Gasteiger partial charge in [-0.2, -0.15) is 17.9 Å². The molecule has 7 nitrogen and oxygen atoms in total. The molecule has 2 N–H and O–H groups in total. The first-order chi connectivity index (χ1) is 13.5. The van der Waals surface area contributed by atoms with Gasteiger partial charge in [0.2, 0.25) is 15.9 Å². The van der Waals surface area contributed by atoms with Gasteiger partial charge in [0.05, 0.1) is 30.7 Å². The molecule has 0 aromatic heterocycles. The maximum atomic E-state index is 12.8. The van der Waals surface area contributed by atoms with Crippen LogP contribution in [0.25, 0.3) is 0 Å². The highest BCUT2D eigenvalue weighted by Crippen LogP contribution is 2.31. The Kier molecular flexibility index (Phi) is 6.75. The van der Waals surface area contributed by atoms with Crippen molar-refractivity contribution >= 4 is 21.6 Å². The molecule has 1 amide bonds. The summed E-state index contributed by atoms with van der Waals surface area (Å²) in [6, 6.07) is 6.63. The number of sulfonamides is 1. The van der Waals surface area contributed by atoms with Crippen molar-refractivity contribution in [3.63, 3.8) is 0 Å². The number of nitrogens with one attached hydrogen (secondary N) is 2. The third-order valence-electron chi connectivity index (χ3n) is 3.85. The molecule has 2 rings (SSSR count). The minimum Gasteiger partial charge on any atom is -0.493 e. The minimum atomic E-state index is -4.57. The highest BCUT2D eigenvalue weighted by atomic mass is 32.2. The van der Waals surface area contributed by atoms with Crippen LogP contribution in [0.2, 0.25) is 0 Å². The highest BCUT2D eigenvalue weighted by Gasteiger charge is 2.31. The lowest BCUT2D eigenvalue weighted by Gasteiger charge is -2.16. The first kappa shape index (κ1) is 22.5. The lowest BCUT2D eigenvalue weighted by molar-refractivity contribution is -0.137. The molecule has 11 heteroatoms. The van der Waals surface area contributed by atoms with Crippen molar-refractivity contribution in [3.05, 3.63) is 48.0 Å². The van der Waals surface area contributed by atoms with Crippen molar-refractivity contribution in [2.75, 3.05) is 19.5 Å². The Morgan fingerprint density at radius 1 is 1.03 bits per heavy atom. The van der Waals surface area contributed by atoms with Gasteiger partial charge in [0, 0.05) is 11.8 Å². The number of ether oxygens (including phenoxy) is 2. The van der Waals surface area contributed by atoms with Crippen LogP contribution >= 0.6 is 0 Å². The van der Waals surface area contributed by atoms with E-state index in [-0.39, 0.29) is 16.3 Å². The average molecular weight is 432 g/mol. The van der Waals surface area contributed by atoms with E-state index in [1.807, 2.05) is 0 Å². The van der Waals surface area contributed by atoms with E-state index < -0.39 is 33.7 Å². The molecule has 2 aromatic rings. The molecule has 0 bridgehead atoms. The van der Waals surface area contributed by atoms with Gasteiger partial charge in [-0.15, -0.1) is 0 Å². The van der Waals surface area contributed by atoms with Crippen molar-refractivity contribution in [2.45, 2.75) is 24.0 Å². The summed E-state index contributed by atoms with van der Waals surface area (Å²) in [5.41, 5.74) is -1.05. The molecule has 0 radical (unpaired) electrons. The smallest absolute Gasteiger partial charge is 0.416 e. The summed E-state index contributed by atoms with van der Waals surface area (Å²) >= 11 is 0. The Balaban J connectivity index is 2.14. The average Bonchev–Trinajstić information content (AvgIpc) is 2.66. The Morgan fingerprint density at radius 2 is 1.69 bits per heavy atom. The number of alkyl halides is 3. The van der Waals surface area contributed by atoms with Gasteiger partial charge in [-0.25, -0.2) is 8.42 Å². The second kappa shape index (κ2) is 8.70. The third kappa shape index (κ3) is 5.61. The van der Waals surface area contributed by atoms with Crippen LogP contribution in [0.4, 0.5) is 18.9 Å². The van der Waals surface area contributed by atoms with E-state index in [4.69, 9.17) is 9.47 Å². The molecule has 0 heterocycles. The van der Waals surface area contributed by atoms with E-state index >= 15 is 0 Å². The summed E-state index contributed by atoms with van der Waals surface area (Å²) in [5, 5.41) is 2.26. The van der Waals surface area contributed by atoms with Crippen molar-refractivity contribution in [1.29, 1.82) is 0 Å². The van der Waals surface area contributed by atoms with E-state index in [0.29, 0.717) is 5.75 Å². The fourth-order valence-electron chi connectivity index (χ4n) is 2.36. The van der Waals surface area contributed by atoms with E-state index in [9.17, 15) is 26.4 Å². The summed E-state index contributed by atoms with van der Waals surface area (Å²) in [6.07, 6.45) is -4.57. The minimum absolute atomic E-state index is 0.109. The van der Waals surface area contributed by atoms with Crippen molar-refractivity contribution in [3.8, 4) is 11.5 Å². The van der Waals surface area contributed by atoms with Crippen LogP contribution in [0.5, 0.6) is 11.5 Å². The zero-order valence-electron chi connectivity index (χ0n) is 15.7. The third-order valence-corrected chi connectivity index (χ3v) is 5.39. The first-order valence-electron chi connectivity index (χ1n) is 8.20. The summed E-state index contributed by atoms with van der Waals surface area (Å²) in [6.45, 7) is 1.27. The SMILES string of the molecule is COc1ccc(S(=O)(=O)NC(C)C(=O)Nc2cccc(C(F)(F)F)c2)cc1OC. The van der Waals surface area contributed by atoms with Gasteiger partial charge in [-0.3, -0.25) is 4.79 Å². The molecule has 0 saturated carbocycles. The fraction of sp³-hybridized carbons (Fsp3) is 0.278. The monoisotopic (exact) mass is 432 g/mol. The lowest BCUT2D eigenvalue weighted by atomic mass is 10.2. The van der Waals surface area contributed by atoms with Crippen LogP contribution in [0, 0.1) is 0 Å². The van der Waals surface area contributed by atoms with Gasteiger partial charge in [0.1, 0.15) is 0 Å². The molecular weight excluding hydrogens is 413 g/mol. The van der Waals surface area contributed by atoms with E-state index in [0.717, 1.165) is 18.2 Å². The lowest BCUT2D eigenvalue weighted by Crippen LogP contribution is -2.41. The number of rotatable bonds is 7. The number of anilines is 1. The normalized spacial score (nSPS) is 12.9. The summed E-state index contributed by atoms with van der Waals surface area (Å²) in [4.78, 5) is 12.1. The van der Waals surface area contributed by atoms with Crippen LogP contribution in [0.1, 0.15) is 12.5 Å². The van der Waals surface area contributed by atoms with E-state index in [2.05, 4.69) is 10.0 Å². The molecule has 158 valence electrons. The largest absolute Gasteiger partial charge is 0.493 e. The maximum absolute atomic E-state index is 12.8. The van der Waals surface area contributed by atoms with Gasteiger partial charge in [-0.1, -0.05) is 6.07 Å². The Hall–Kier alpha value is -2.79. The molecule has 0 fully saturated rings. The van der Waals surface area contributed by atoms with E-state index in [1.165, 1.54) is 45.4 Å². The number of benzene rings is 2. The number of carbonyl (C=O) groups excluding carboxylic acids is 1. The molecule has 2 aromatic carbocycles. The van der Waals surface area contributed by atoms with Gasteiger partial charge < -0.3 is 14.8 Å². The van der Waals surface area contributed by atoms with Crippen LogP contribution in [0.15, 0.2) is 47.4 Å². The van der Waals surface area contributed by atoms with Crippen molar-refractivity contribution in [2.24, 2.45) is 0 Å². The van der Waals surface area contributed by atoms with Gasteiger partial charge in [-0.05, 0) is 37.3 Å².